The summed E-state index contributed by atoms with van der Waals surface area (Å²) in [6.07, 6.45) is 1.84. The highest BCUT2D eigenvalue weighted by Gasteiger charge is 1.98. The SMILES string of the molecule is CCNCc1cnc(COCC)[nH]1. The monoisotopic (exact) mass is 183 g/mol. The zero-order valence-electron chi connectivity index (χ0n) is 8.26. The molecule has 0 saturated carbocycles. The minimum absolute atomic E-state index is 0.572. The van der Waals surface area contributed by atoms with E-state index in [2.05, 4.69) is 22.2 Å². The van der Waals surface area contributed by atoms with Crippen LogP contribution in [0.1, 0.15) is 25.4 Å². The number of nitrogens with one attached hydrogen (secondary N) is 2. The smallest absolute Gasteiger partial charge is 0.132 e. The van der Waals surface area contributed by atoms with E-state index in [-0.39, 0.29) is 0 Å². The van der Waals surface area contributed by atoms with Crippen LogP contribution in [0.4, 0.5) is 0 Å². The Morgan fingerprint density at radius 2 is 2.38 bits per heavy atom. The Hall–Kier alpha value is -0.870. The van der Waals surface area contributed by atoms with Crippen LogP contribution in [-0.4, -0.2) is 23.1 Å². The summed E-state index contributed by atoms with van der Waals surface area (Å²) in [4.78, 5) is 7.37. The van der Waals surface area contributed by atoms with Gasteiger partial charge in [-0.3, -0.25) is 0 Å². The molecule has 0 amide bonds. The second-order valence-electron chi connectivity index (χ2n) is 2.77. The Kier molecular flexibility index (Phi) is 4.49. The molecule has 0 aliphatic carbocycles. The maximum atomic E-state index is 5.22. The molecule has 0 fully saturated rings. The number of imidazole rings is 1. The Morgan fingerprint density at radius 1 is 1.54 bits per heavy atom. The standard InChI is InChI=1S/C9H17N3O/c1-3-10-5-8-6-11-9(12-8)7-13-4-2/h6,10H,3-5,7H2,1-2H3,(H,11,12). The van der Waals surface area contributed by atoms with Crippen molar-refractivity contribution in [3.8, 4) is 0 Å². The molecule has 0 aromatic carbocycles. The van der Waals surface area contributed by atoms with Gasteiger partial charge in [0.1, 0.15) is 12.4 Å². The molecule has 1 rings (SSSR count). The van der Waals surface area contributed by atoms with E-state index >= 15 is 0 Å². The second kappa shape index (κ2) is 5.72. The quantitative estimate of drug-likeness (QED) is 0.693. The number of H-pyrrole nitrogens is 1. The molecule has 13 heavy (non-hydrogen) atoms. The van der Waals surface area contributed by atoms with Crippen LogP contribution in [0, 0.1) is 0 Å². The van der Waals surface area contributed by atoms with Crippen molar-refractivity contribution >= 4 is 0 Å². The Morgan fingerprint density at radius 3 is 3.08 bits per heavy atom. The fourth-order valence-electron chi connectivity index (χ4n) is 1.03. The van der Waals surface area contributed by atoms with Gasteiger partial charge in [-0.05, 0) is 13.5 Å². The third-order valence-corrected chi connectivity index (χ3v) is 1.69. The number of rotatable bonds is 6. The molecule has 0 bridgehead atoms. The first-order valence-electron chi connectivity index (χ1n) is 4.68. The lowest BCUT2D eigenvalue weighted by atomic mass is 10.5. The number of hydrogen-bond donors (Lipinski definition) is 2. The first-order chi connectivity index (χ1) is 6.36. The first kappa shape index (κ1) is 10.2. The number of ether oxygens (including phenoxy) is 1. The lowest BCUT2D eigenvalue weighted by Gasteiger charge is -1.98. The van der Waals surface area contributed by atoms with Crippen LogP contribution in [0.15, 0.2) is 6.20 Å². The highest BCUT2D eigenvalue weighted by atomic mass is 16.5. The minimum Gasteiger partial charge on any atom is -0.374 e. The van der Waals surface area contributed by atoms with E-state index in [4.69, 9.17) is 4.74 Å². The third-order valence-electron chi connectivity index (χ3n) is 1.69. The van der Waals surface area contributed by atoms with Gasteiger partial charge in [0.25, 0.3) is 0 Å². The van der Waals surface area contributed by atoms with Gasteiger partial charge in [0, 0.05) is 25.0 Å². The van der Waals surface area contributed by atoms with Crippen LogP contribution >= 0.6 is 0 Å². The largest absolute Gasteiger partial charge is 0.374 e. The third kappa shape index (κ3) is 3.57. The van der Waals surface area contributed by atoms with Gasteiger partial charge in [-0.2, -0.15) is 0 Å². The first-order valence-corrected chi connectivity index (χ1v) is 4.68. The molecule has 0 saturated heterocycles. The molecule has 74 valence electrons. The van der Waals surface area contributed by atoms with E-state index in [9.17, 15) is 0 Å². The maximum absolute atomic E-state index is 5.22. The van der Waals surface area contributed by atoms with E-state index in [0.29, 0.717) is 6.61 Å². The molecule has 0 radical (unpaired) electrons. The summed E-state index contributed by atoms with van der Waals surface area (Å²) in [5.74, 6) is 0.898. The number of aromatic amines is 1. The van der Waals surface area contributed by atoms with Crippen LogP contribution < -0.4 is 5.32 Å². The van der Waals surface area contributed by atoms with Gasteiger partial charge in [-0.15, -0.1) is 0 Å². The lowest BCUT2D eigenvalue weighted by molar-refractivity contribution is 0.129. The summed E-state index contributed by atoms with van der Waals surface area (Å²) >= 11 is 0. The molecule has 1 aromatic rings. The van der Waals surface area contributed by atoms with Crippen molar-refractivity contribution < 1.29 is 4.74 Å². The topological polar surface area (TPSA) is 49.9 Å². The molecule has 0 aliphatic rings. The number of hydrogen-bond acceptors (Lipinski definition) is 3. The van der Waals surface area contributed by atoms with Crippen molar-refractivity contribution in [3.63, 3.8) is 0 Å². The summed E-state index contributed by atoms with van der Waals surface area (Å²) in [5.41, 5.74) is 1.11. The predicted octanol–water partition coefficient (Wildman–Crippen LogP) is 1.06. The highest BCUT2D eigenvalue weighted by molar-refractivity contribution is 4.99. The van der Waals surface area contributed by atoms with Gasteiger partial charge in [-0.1, -0.05) is 6.92 Å². The highest BCUT2D eigenvalue weighted by Crippen LogP contribution is 1.98. The maximum Gasteiger partial charge on any atom is 0.132 e. The fourth-order valence-corrected chi connectivity index (χ4v) is 1.03. The van der Waals surface area contributed by atoms with E-state index in [1.807, 2.05) is 13.1 Å². The number of aromatic nitrogens is 2. The summed E-state index contributed by atoms with van der Waals surface area (Å²) in [7, 11) is 0. The van der Waals surface area contributed by atoms with Crippen LogP contribution in [0.25, 0.3) is 0 Å². The summed E-state index contributed by atoms with van der Waals surface area (Å²) < 4.78 is 5.22. The van der Waals surface area contributed by atoms with Gasteiger partial charge in [0.05, 0.1) is 0 Å². The average molecular weight is 183 g/mol. The molecule has 0 unspecified atom stereocenters. The minimum atomic E-state index is 0.572. The van der Waals surface area contributed by atoms with E-state index in [0.717, 1.165) is 31.2 Å². The number of nitrogens with zero attached hydrogens (tertiary/aromatic N) is 1. The predicted molar refractivity (Wildman–Crippen MR) is 51.3 cm³/mol. The van der Waals surface area contributed by atoms with Crippen molar-refractivity contribution in [2.24, 2.45) is 0 Å². The van der Waals surface area contributed by atoms with Gasteiger partial charge in [0.2, 0.25) is 0 Å². The Labute approximate surface area is 78.7 Å². The van der Waals surface area contributed by atoms with Gasteiger partial charge >= 0.3 is 0 Å². The van der Waals surface area contributed by atoms with Crippen LogP contribution in [0.5, 0.6) is 0 Å². The Balaban J connectivity index is 2.34. The van der Waals surface area contributed by atoms with Crippen molar-refractivity contribution in [2.45, 2.75) is 27.0 Å². The van der Waals surface area contributed by atoms with Gasteiger partial charge < -0.3 is 15.0 Å². The van der Waals surface area contributed by atoms with Crippen molar-refractivity contribution in [2.75, 3.05) is 13.2 Å². The molecule has 4 nitrogen and oxygen atoms in total. The van der Waals surface area contributed by atoms with Crippen LogP contribution in [0.2, 0.25) is 0 Å². The molecule has 1 heterocycles. The normalized spacial score (nSPS) is 10.6. The fraction of sp³-hybridized carbons (Fsp3) is 0.667. The molecular formula is C9H17N3O. The average Bonchev–Trinajstić information content (AvgIpc) is 2.59. The zero-order valence-corrected chi connectivity index (χ0v) is 8.26. The Bertz CT molecular complexity index is 212. The van der Waals surface area contributed by atoms with Crippen molar-refractivity contribution in [3.05, 3.63) is 17.7 Å². The molecule has 4 heteroatoms. The van der Waals surface area contributed by atoms with Gasteiger partial charge in [0.15, 0.2) is 0 Å². The van der Waals surface area contributed by atoms with E-state index in [1.54, 1.807) is 0 Å². The molecule has 0 spiro atoms. The van der Waals surface area contributed by atoms with Gasteiger partial charge in [-0.25, -0.2) is 4.98 Å². The zero-order chi connectivity index (χ0) is 9.52. The summed E-state index contributed by atoms with van der Waals surface area (Å²) in [5, 5.41) is 3.22. The molecule has 2 N–H and O–H groups in total. The van der Waals surface area contributed by atoms with E-state index in [1.165, 1.54) is 0 Å². The molecule has 1 aromatic heterocycles. The van der Waals surface area contributed by atoms with Crippen molar-refractivity contribution in [1.82, 2.24) is 15.3 Å². The molecular weight excluding hydrogens is 166 g/mol. The molecule has 0 aliphatic heterocycles. The van der Waals surface area contributed by atoms with E-state index < -0.39 is 0 Å². The summed E-state index contributed by atoms with van der Waals surface area (Å²) in [6.45, 7) is 7.17. The molecule has 0 atom stereocenters. The van der Waals surface area contributed by atoms with Crippen molar-refractivity contribution in [1.29, 1.82) is 0 Å². The van der Waals surface area contributed by atoms with Crippen LogP contribution in [-0.2, 0) is 17.9 Å². The second-order valence-corrected chi connectivity index (χ2v) is 2.77. The summed E-state index contributed by atoms with van der Waals surface area (Å²) in [6, 6.07) is 0. The van der Waals surface area contributed by atoms with Crippen LogP contribution in [0.3, 0.4) is 0 Å². The lowest BCUT2D eigenvalue weighted by Crippen LogP contribution is -2.11.